The van der Waals surface area contributed by atoms with Crippen LogP contribution in [-0.2, 0) is 0 Å². The highest BCUT2D eigenvalue weighted by Gasteiger charge is 2.17. The monoisotopic (exact) mass is 468 g/mol. The lowest BCUT2D eigenvalue weighted by molar-refractivity contribution is 0.340. The van der Waals surface area contributed by atoms with Crippen molar-refractivity contribution >= 4 is 29.1 Å². The van der Waals surface area contributed by atoms with E-state index in [1.807, 2.05) is 67.6 Å². The summed E-state index contributed by atoms with van der Waals surface area (Å²) in [6.45, 7) is 2.54. The molecule has 0 saturated heterocycles. The number of nitrogen functional groups attached to an aromatic ring is 1. The molecule has 34 heavy (non-hydrogen) atoms. The predicted octanol–water partition coefficient (Wildman–Crippen LogP) is 6.60. The van der Waals surface area contributed by atoms with Crippen molar-refractivity contribution in [3.63, 3.8) is 0 Å². The van der Waals surface area contributed by atoms with E-state index in [4.69, 9.17) is 27.7 Å². The van der Waals surface area contributed by atoms with Crippen molar-refractivity contribution in [3.05, 3.63) is 95.5 Å². The van der Waals surface area contributed by atoms with E-state index in [0.29, 0.717) is 29.1 Å². The van der Waals surface area contributed by atoms with Gasteiger partial charge in [0.25, 0.3) is 0 Å². The number of benzene rings is 3. The summed E-state index contributed by atoms with van der Waals surface area (Å²) in [6, 6.07) is 25.7. The normalized spacial score (nSPS) is 11.0. The van der Waals surface area contributed by atoms with Crippen LogP contribution in [0, 0.1) is 10.6 Å². The Morgan fingerprint density at radius 1 is 0.912 bits per heavy atom. The molecule has 5 rings (SSSR count). The number of pyridine rings is 1. The number of ether oxygens (including phenoxy) is 1. The number of fused-ring (bicyclic) bond motifs is 1. The maximum atomic E-state index is 13.5. The molecule has 7 heteroatoms. The van der Waals surface area contributed by atoms with E-state index in [-0.39, 0.29) is 10.6 Å². The summed E-state index contributed by atoms with van der Waals surface area (Å²) in [4.78, 5) is 9.42. The molecule has 5 aromatic rings. The Labute approximate surface area is 201 Å². The predicted molar refractivity (Wildman–Crippen MR) is 136 cm³/mol. The summed E-state index contributed by atoms with van der Waals surface area (Å²) in [5.74, 6) is 0.831. The van der Waals surface area contributed by atoms with Crippen molar-refractivity contribution in [1.82, 2.24) is 14.5 Å². The fourth-order valence-corrected chi connectivity index (χ4v) is 4.23. The van der Waals surface area contributed by atoms with E-state index in [9.17, 15) is 4.39 Å². The summed E-state index contributed by atoms with van der Waals surface area (Å²) in [6.07, 6.45) is 0. The van der Waals surface area contributed by atoms with Gasteiger partial charge in [0, 0.05) is 5.56 Å². The van der Waals surface area contributed by atoms with E-state index in [2.05, 4.69) is 4.98 Å². The Morgan fingerprint density at radius 3 is 2.29 bits per heavy atom. The Kier molecular flexibility index (Phi) is 5.77. The van der Waals surface area contributed by atoms with Crippen molar-refractivity contribution in [2.24, 2.45) is 0 Å². The molecule has 0 saturated carbocycles. The molecule has 0 fully saturated rings. The Balaban J connectivity index is 1.81. The van der Waals surface area contributed by atoms with Crippen LogP contribution in [0.2, 0.25) is 0 Å². The number of anilines is 1. The van der Waals surface area contributed by atoms with E-state index in [1.165, 1.54) is 12.1 Å². The van der Waals surface area contributed by atoms with Gasteiger partial charge in [-0.2, -0.15) is 4.98 Å². The zero-order valence-electron chi connectivity index (χ0n) is 18.4. The second kappa shape index (κ2) is 9.03. The number of nitrogens with zero attached hydrogens (tertiary/aromatic N) is 3. The first-order chi connectivity index (χ1) is 16.5. The molecule has 0 aliphatic rings. The topological polar surface area (TPSA) is 66.0 Å². The van der Waals surface area contributed by atoms with Crippen LogP contribution in [0.15, 0.2) is 84.9 Å². The van der Waals surface area contributed by atoms with Crippen LogP contribution < -0.4 is 10.5 Å². The molecule has 0 aliphatic carbocycles. The van der Waals surface area contributed by atoms with Crippen molar-refractivity contribution in [2.45, 2.75) is 6.92 Å². The Hall–Kier alpha value is -4.10. The molecule has 2 N–H and O–H groups in total. The van der Waals surface area contributed by atoms with Crippen molar-refractivity contribution in [1.29, 1.82) is 0 Å². The van der Waals surface area contributed by atoms with Crippen LogP contribution in [-0.4, -0.2) is 21.1 Å². The van der Waals surface area contributed by atoms with Gasteiger partial charge < -0.3 is 10.5 Å². The molecule has 5 nitrogen and oxygen atoms in total. The molecular formula is C27H21FN4OS. The minimum Gasteiger partial charge on any atom is -0.494 e. The number of rotatable bonds is 5. The minimum atomic E-state index is -0.341. The highest BCUT2D eigenvalue weighted by Crippen LogP contribution is 2.36. The summed E-state index contributed by atoms with van der Waals surface area (Å²) >= 11 is 5.57. The average Bonchev–Trinajstić information content (AvgIpc) is 2.85. The average molecular weight is 469 g/mol. The maximum absolute atomic E-state index is 13.5. The van der Waals surface area contributed by atoms with Gasteiger partial charge in [-0.05, 0) is 72.7 Å². The molecule has 0 unspecified atom stereocenters. The molecule has 0 atom stereocenters. The number of hydrogen-bond acceptors (Lipinski definition) is 5. The quantitative estimate of drug-likeness (QED) is 0.294. The third kappa shape index (κ3) is 4.02. The van der Waals surface area contributed by atoms with Crippen LogP contribution in [0.5, 0.6) is 5.75 Å². The largest absolute Gasteiger partial charge is 0.494 e. The van der Waals surface area contributed by atoms with Gasteiger partial charge in [0.05, 0.1) is 23.4 Å². The lowest BCUT2D eigenvalue weighted by atomic mass is 9.99. The lowest BCUT2D eigenvalue weighted by Gasteiger charge is -2.17. The number of aromatic nitrogens is 3. The van der Waals surface area contributed by atoms with E-state index >= 15 is 0 Å². The van der Waals surface area contributed by atoms with E-state index < -0.39 is 0 Å². The van der Waals surface area contributed by atoms with Gasteiger partial charge in [-0.1, -0.05) is 42.5 Å². The number of halogens is 1. The number of nitrogens with two attached hydrogens (primary N) is 1. The molecule has 0 amide bonds. The fraction of sp³-hybridized carbons (Fsp3) is 0.0741. The Bertz CT molecular complexity index is 1530. The van der Waals surface area contributed by atoms with E-state index in [1.54, 1.807) is 16.7 Å². The first-order valence-electron chi connectivity index (χ1n) is 10.8. The van der Waals surface area contributed by atoms with Crippen LogP contribution in [0.25, 0.3) is 39.1 Å². The summed E-state index contributed by atoms with van der Waals surface area (Å²) in [5, 5.41) is 0.668. The molecule has 2 heterocycles. The fourth-order valence-electron chi connectivity index (χ4n) is 3.94. The summed E-state index contributed by atoms with van der Waals surface area (Å²) in [7, 11) is 0. The molecule has 0 spiro atoms. The van der Waals surface area contributed by atoms with Crippen LogP contribution in [0.3, 0.4) is 0 Å². The van der Waals surface area contributed by atoms with Crippen molar-refractivity contribution < 1.29 is 9.13 Å². The van der Waals surface area contributed by atoms with Crippen LogP contribution in [0.4, 0.5) is 10.2 Å². The number of hydrogen-bond donors (Lipinski definition) is 1. The SMILES string of the molecule is CCOc1ccc(-c2cc(-c3ccccc3)nc3nc(=S)n(-c4ccc(F)cc4)c(N)c23)cc1. The first-order valence-corrected chi connectivity index (χ1v) is 11.2. The van der Waals surface area contributed by atoms with Gasteiger partial charge in [0.2, 0.25) is 4.77 Å². The van der Waals surface area contributed by atoms with Crippen LogP contribution >= 0.6 is 12.2 Å². The first kappa shape index (κ1) is 21.7. The highest BCUT2D eigenvalue weighted by atomic mass is 32.1. The molecule has 0 radical (unpaired) electrons. The van der Waals surface area contributed by atoms with Gasteiger partial charge in [-0.15, -0.1) is 0 Å². The van der Waals surface area contributed by atoms with Gasteiger partial charge in [0.1, 0.15) is 17.4 Å². The van der Waals surface area contributed by atoms with Crippen molar-refractivity contribution in [3.8, 4) is 33.8 Å². The van der Waals surface area contributed by atoms with Gasteiger partial charge in [-0.3, -0.25) is 4.57 Å². The van der Waals surface area contributed by atoms with Gasteiger partial charge in [-0.25, -0.2) is 9.37 Å². The van der Waals surface area contributed by atoms with Gasteiger partial charge in [0.15, 0.2) is 5.65 Å². The molecule has 0 aliphatic heterocycles. The summed E-state index contributed by atoms with van der Waals surface area (Å²) < 4.78 is 21.0. The second-order valence-electron chi connectivity index (χ2n) is 7.67. The standard InChI is InChI=1S/C27H21FN4OS/c1-2-33-21-14-8-17(9-15-21)22-16-23(18-6-4-3-5-7-18)30-26-24(22)25(29)32(27(34)31-26)20-12-10-19(28)11-13-20/h3-16H,2,29H2,1H3. The Morgan fingerprint density at radius 2 is 1.62 bits per heavy atom. The molecule has 3 aromatic carbocycles. The zero-order valence-corrected chi connectivity index (χ0v) is 19.2. The molecule has 0 bridgehead atoms. The third-order valence-electron chi connectivity index (χ3n) is 5.52. The minimum absolute atomic E-state index is 0.243. The molecule has 168 valence electrons. The smallest absolute Gasteiger partial charge is 0.207 e. The lowest BCUT2D eigenvalue weighted by Crippen LogP contribution is -2.09. The van der Waals surface area contributed by atoms with E-state index in [0.717, 1.165) is 28.1 Å². The maximum Gasteiger partial charge on any atom is 0.207 e. The zero-order chi connectivity index (χ0) is 23.7. The van der Waals surface area contributed by atoms with Crippen molar-refractivity contribution in [2.75, 3.05) is 12.3 Å². The second-order valence-corrected chi connectivity index (χ2v) is 8.03. The third-order valence-corrected chi connectivity index (χ3v) is 5.79. The highest BCUT2D eigenvalue weighted by molar-refractivity contribution is 7.71. The molecular weight excluding hydrogens is 447 g/mol. The molecule has 2 aromatic heterocycles. The summed E-state index contributed by atoms with van der Waals surface area (Å²) in [5.41, 5.74) is 11.3. The van der Waals surface area contributed by atoms with Gasteiger partial charge >= 0.3 is 0 Å². The van der Waals surface area contributed by atoms with Crippen LogP contribution in [0.1, 0.15) is 6.92 Å².